The zero-order valence-corrected chi connectivity index (χ0v) is 13.2. The number of Topliss-reactive ketones (excluding diaryl/α,β-unsaturated/α-hetero) is 1. The third kappa shape index (κ3) is 4.74. The molecule has 0 aromatic heterocycles. The number of halogens is 1. The highest BCUT2D eigenvalue weighted by atomic mass is 19.1. The Morgan fingerprint density at radius 3 is 2.26 bits per heavy atom. The number of rotatable bonds is 6. The molecule has 3 nitrogen and oxygen atoms in total. The zero-order chi connectivity index (χ0) is 16.8. The number of ether oxygens (including phenoxy) is 1. The summed E-state index contributed by atoms with van der Waals surface area (Å²) in [6, 6.07) is 13.2. The number of esters is 1. The van der Waals surface area contributed by atoms with Crippen LogP contribution in [0, 0.1) is 5.82 Å². The van der Waals surface area contributed by atoms with E-state index in [4.69, 9.17) is 4.74 Å². The Labute approximate surface area is 135 Å². The topological polar surface area (TPSA) is 43.4 Å². The molecule has 0 spiro atoms. The van der Waals surface area contributed by atoms with Gasteiger partial charge in [0, 0.05) is 17.5 Å². The molecule has 0 radical (unpaired) electrons. The van der Waals surface area contributed by atoms with Crippen LogP contribution >= 0.6 is 0 Å². The molecule has 0 N–H and O–H groups in total. The van der Waals surface area contributed by atoms with Crippen LogP contribution in [-0.4, -0.2) is 17.9 Å². The minimum absolute atomic E-state index is 0.0616. The smallest absolute Gasteiger partial charge is 0.306 e. The molecule has 2 aromatic carbocycles. The van der Waals surface area contributed by atoms with Gasteiger partial charge in [-0.05, 0) is 25.5 Å². The average molecular weight is 314 g/mol. The van der Waals surface area contributed by atoms with Crippen LogP contribution < -0.4 is 0 Å². The van der Waals surface area contributed by atoms with Crippen molar-refractivity contribution in [3.8, 4) is 11.1 Å². The van der Waals surface area contributed by atoms with E-state index < -0.39 is 0 Å². The lowest BCUT2D eigenvalue weighted by molar-refractivity contribution is -0.147. The Hall–Kier alpha value is -2.49. The van der Waals surface area contributed by atoms with Gasteiger partial charge in [-0.15, -0.1) is 0 Å². The van der Waals surface area contributed by atoms with E-state index in [-0.39, 0.29) is 36.5 Å². The largest absolute Gasteiger partial charge is 0.463 e. The van der Waals surface area contributed by atoms with Gasteiger partial charge in [-0.25, -0.2) is 4.39 Å². The normalized spacial score (nSPS) is 10.6. The summed E-state index contributed by atoms with van der Waals surface area (Å²) in [4.78, 5) is 23.5. The molecule has 2 aromatic rings. The van der Waals surface area contributed by atoms with Crippen molar-refractivity contribution in [2.75, 3.05) is 0 Å². The molecule has 0 amide bonds. The molecule has 0 aliphatic carbocycles. The van der Waals surface area contributed by atoms with Crippen LogP contribution in [0.5, 0.6) is 0 Å². The van der Waals surface area contributed by atoms with Crippen LogP contribution in [0.2, 0.25) is 0 Å². The first-order chi connectivity index (χ1) is 11.0. The van der Waals surface area contributed by atoms with Gasteiger partial charge in [0.2, 0.25) is 0 Å². The van der Waals surface area contributed by atoms with E-state index in [1.807, 2.05) is 0 Å². The van der Waals surface area contributed by atoms with Gasteiger partial charge in [-0.3, -0.25) is 9.59 Å². The molecule has 0 saturated carbocycles. The predicted octanol–water partition coefficient (Wildman–Crippen LogP) is 4.41. The van der Waals surface area contributed by atoms with Crippen LogP contribution in [0.1, 0.15) is 37.0 Å². The number of hydrogen-bond donors (Lipinski definition) is 0. The van der Waals surface area contributed by atoms with Gasteiger partial charge in [0.15, 0.2) is 5.78 Å². The van der Waals surface area contributed by atoms with Crippen LogP contribution in [0.3, 0.4) is 0 Å². The van der Waals surface area contributed by atoms with E-state index in [0.29, 0.717) is 16.7 Å². The summed E-state index contributed by atoms with van der Waals surface area (Å²) in [5.74, 6) is -0.815. The van der Waals surface area contributed by atoms with Crippen LogP contribution in [-0.2, 0) is 9.53 Å². The number of carbonyl (C=O) groups is 2. The maximum atomic E-state index is 13.7. The molecule has 23 heavy (non-hydrogen) atoms. The summed E-state index contributed by atoms with van der Waals surface area (Å²) >= 11 is 0. The number of hydrogen-bond acceptors (Lipinski definition) is 3. The highest BCUT2D eigenvalue weighted by Gasteiger charge is 2.12. The maximum absolute atomic E-state index is 13.7. The number of ketones is 1. The second-order valence-electron chi connectivity index (χ2n) is 5.52. The molecule has 0 fully saturated rings. The van der Waals surface area contributed by atoms with Crippen molar-refractivity contribution < 1.29 is 18.7 Å². The second kappa shape index (κ2) is 7.68. The molecule has 4 heteroatoms. The van der Waals surface area contributed by atoms with Gasteiger partial charge >= 0.3 is 5.97 Å². The molecule has 0 aliphatic heterocycles. The summed E-state index contributed by atoms with van der Waals surface area (Å²) in [6.45, 7) is 3.53. The van der Waals surface area contributed by atoms with Gasteiger partial charge in [-0.1, -0.05) is 42.5 Å². The molecule has 0 atom stereocenters. The van der Waals surface area contributed by atoms with E-state index >= 15 is 0 Å². The summed E-state index contributed by atoms with van der Waals surface area (Å²) in [5.41, 5.74) is 1.70. The van der Waals surface area contributed by atoms with Crippen LogP contribution in [0.4, 0.5) is 4.39 Å². The first-order valence-electron chi connectivity index (χ1n) is 7.55. The third-order valence-corrected chi connectivity index (χ3v) is 3.32. The summed E-state index contributed by atoms with van der Waals surface area (Å²) in [6.07, 6.45) is -0.0194. The fourth-order valence-electron chi connectivity index (χ4n) is 2.21. The Kier molecular flexibility index (Phi) is 5.63. The fourth-order valence-corrected chi connectivity index (χ4v) is 2.21. The maximum Gasteiger partial charge on any atom is 0.306 e. The predicted molar refractivity (Wildman–Crippen MR) is 86.6 cm³/mol. The van der Waals surface area contributed by atoms with Gasteiger partial charge < -0.3 is 4.74 Å². The van der Waals surface area contributed by atoms with Gasteiger partial charge in [-0.2, -0.15) is 0 Å². The van der Waals surface area contributed by atoms with Crippen molar-refractivity contribution >= 4 is 11.8 Å². The fraction of sp³-hybridized carbons (Fsp3) is 0.263. The Bertz CT molecular complexity index is 690. The lowest BCUT2D eigenvalue weighted by Gasteiger charge is -2.08. The molecule has 120 valence electrons. The molecule has 2 rings (SSSR count). The van der Waals surface area contributed by atoms with Crippen LogP contribution in [0.15, 0.2) is 48.5 Å². The highest BCUT2D eigenvalue weighted by molar-refractivity contribution is 5.97. The first kappa shape index (κ1) is 16.9. The Morgan fingerprint density at radius 2 is 1.65 bits per heavy atom. The molecule has 0 bridgehead atoms. The highest BCUT2D eigenvalue weighted by Crippen LogP contribution is 2.23. The minimum Gasteiger partial charge on any atom is -0.463 e. The van der Waals surface area contributed by atoms with E-state index in [1.165, 1.54) is 6.07 Å². The SMILES string of the molecule is CC(C)OC(=O)CCC(=O)c1ccc(-c2ccccc2F)cc1. The molecule has 0 aliphatic rings. The quantitative estimate of drug-likeness (QED) is 0.586. The van der Waals surface area contributed by atoms with Crippen molar-refractivity contribution in [1.82, 2.24) is 0 Å². The zero-order valence-electron chi connectivity index (χ0n) is 13.2. The van der Waals surface area contributed by atoms with E-state index in [2.05, 4.69) is 0 Å². The monoisotopic (exact) mass is 314 g/mol. The summed E-state index contributed by atoms with van der Waals surface area (Å²) in [5, 5.41) is 0. The van der Waals surface area contributed by atoms with E-state index in [1.54, 1.807) is 56.3 Å². The van der Waals surface area contributed by atoms with Crippen molar-refractivity contribution in [3.63, 3.8) is 0 Å². The van der Waals surface area contributed by atoms with Crippen molar-refractivity contribution in [3.05, 3.63) is 59.9 Å². The van der Waals surface area contributed by atoms with E-state index in [9.17, 15) is 14.0 Å². The Balaban J connectivity index is 2.01. The summed E-state index contributed by atoms with van der Waals surface area (Å²) in [7, 11) is 0. The van der Waals surface area contributed by atoms with Crippen molar-refractivity contribution in [2.24, 2.45) is 0 Å². The lowest BCUT2D eigenvalue weighted by atomic mass is 10.0. The van der Waals surface area contributed by atoms with Gasteiger partial charge in [0.1, 0.15) is 5.82 Å². The molecule has 0 saturated heterocycles. The second-order valence-corrected chi connectivity index (χ2v) is 5.52. The van der Waals surface area contributed by atoms with Gasteiger partial charge in [0.25, 0.3) is 0 Å². The molecule has 0 unspecified atom stereocenters. The molecular formula is C19H19FO3. The van der Waals surface area contributed by atoms with Crippen LogP contribution in [0.25, 0.3) is 11.1 Å². The lowest BCUT2D eigenvalue weighted by Crippen LogP contribution is -2.12. The first-order valence-corrected chi connectivity index (χ1v) is 7.55. The van der Waals surface area contributed by atoms with E-state index in [0.717, 1.165) is 0 Å². The minimum atomic E-state index is -0.378. The van der Waals surface area contributed by atoms with Crippen molar-refractivity contribution in [1.29, 1.82) is 0 Å². The Morgan fingerprint density at radius 1 is 1.00 bits per heavy atom. The molecule has 0 heterocycles. The average Bonchev–Trinajstić information content (AvgIpc) is 2.53. The number of carbonyl (C=O) groups excluding carboxylic acids is 2. The summed E-state index contributed by atoms with van der Waals surface area (Å²) < 4.78 is 18.7. The third-order valence-electron chi connectivity index (χ3n) is 3.32. The van der Waals surface area contributed by atoms with Crippen molar-refractivity contribution in [2.45, 2.75) is 32.8 Å². The van der Waals surface area contributed by atoms with Gasteiger partial charge in [0.05, 0.1) is 12.5 Å². The standard InChI is InChI=1S/C19H19FO3/c1-13(2)23-19(22)12-11-18(21)15-9-7-14(8-10-15)16-5-3-4-6-17(16)20/h3-10,13H,11-12H2,1-2H3. The number of benzene rings is 2. The molecular weight excluding hydrogens is 295 g/mol.